The summed E-state index contributed by atoms with van der Waals surface area (Å²) in [5.41, 5.74) is 1.35. The Kier molecular flexibility index (Phi) is 5.00. The molecule has 7 heteroatoms. The molecule has 1 fully saturated rings. The van der Waals surface area contributed by atoms with Crippen molar-refractivity contribution in [3.63, 3.8) is 0 Å². The van der Waals surface area contributed by atoms with Gasteiger partial charge in [-0.15, -0.1) is 0 Å². The van der Waals surface area contributed by atoms with Crippen LogP contribution in [0.3, 0.4) is 0 Å². The molecule has 3 heterocycles. The lowest BCUT2D eigenvalue weighted by Crippen LogP contribution is -2.36. The Hall–Kier alpha value is -2.93. The number of fused-ring (bicyclic) bond motifs is 1. The number of pyridine rings is 1. The summed E-state index contributed by atoms with van der Waals surface area (Å²) in [6.45, 7) is 7.80. The van der Waals surface area contributed by atoms with Gasteiger partial charge in [0, 0.05) is 24.5 Å². The van der Waals surface area contributed by atoms with Gasteiger partial charge in [-0.05, 0) is 32.9 Å². The van der Waals surface area contributed by atoms with Crippen LogP contribution >= 0.6 is 0 Å². The van der Waals surface area contributed by atoms with Crippen molar-refractivity contribution in [2.45, 2.75) is 26.4 Å². The third kappa shape index (κ3) is 3.96. The van der Waals surface area contributed by atoms with Gasteiger partial charge in [-0.1, -0.05) is 18.2 Å². The van der Waals surface area contributed by atoms with E-state index >= 15 is 0 Å². The van der Waals surface area contributed by atoms with Crippen molar-refractivity contribution in [2.75, 3.05) is 31.2 Å². The van der Waals surface area contributed by atoms with Gasteiger partial charge in [0.2, 0.25) is 0 Å². The van der Waals surface area contributed by atoms with E-state index in [9.17, 15) is 9.18 Å². The summed E-state index contributed by atoms with van der Waals surface area (Å²) in [7, 11) is 0. The van der Waals surface area contributed by atoms with E-state index in [4.69, 9.17) is 9.47 Å². The summed E-state index contributed by atoms with van der Waals surface area (Å²) in [6.07, 6.45) is 1.00. The minimum absolute atomic E-state index is 0.376. The number of carbonyl (C=O) groups excluding carboxylic acids is 1. The van der Waals surface area contributed by atoms with Crippen LogP contribution in [-0.2, 0) is 9.47 Å². The second-order valence-electron chi connectivity index (χ2n) is 8.02. The number of morpholine rings is 1. The number of para-hydroxylation sites is 1. The summed E-state index contributed by atoms with van der Waals surface area (Å²) < 4.78 is 27.3. The first-order valence-electron chi connectivity index (χ1n) is 9.66. The van der Waals surface area contributed by atoms with Crippen molar-refractivity contribution in [3.8, 4) is 11.4 Å². The van der Waals surface area contributed by atoms with Gasteiger partial charge in [0.05, 0.1) is 42.0 Å². The molecule has 6 nitrogen and oxygen atoms in total. The average molecular weight is 397 g/mol. The molecule has 2 aromatic heterocycles. The Labute approximate surface area is 168 Å². The van der Waals surface area contributed by atoms with Crippen LogP contribution in [0.2, 0.25) is 0 Å². The van der Waals surface area contributed by atoms with Crippen LogP contribution in [0, 0.1) is 5.82 Å². The van der Waals surface area contributed by atoms with Crippen LogP contribution < -0.4 is 4.90 Å². The van der Waals surface area contributed by atoms with Crippen LogP contribution in [0.4, 0.5) is 14.9 Å². The predicted molar refractivity (Wildman–Crippen MR) is 110 cm³/mol. The summed E-state index contributed by atoms with van der Waals surface area (Å²) in [6, 6.07) is 10.7. The standard InChI is InChI=1S/C22H24FN3O3/c1-22(2,3)29-21(27)26-18-7-5-4-6-15(18)12-19(26)17-13-16(23)20(14-24-17)25-8-10-28-11-9-25/h4-7,12-14H,8-11H2,1-3H3. The van der Waals surface area contributed by atoms with Crippen LogP contribution in [0.15, 0.2) is 42.6 Å². The van der Waals surface area contributed by atoms with Gasteiger partial charge in [0.1, 0.15) is 11.4 Å². The number of hydrogen-bond donors (Lipinski definition) is 0. The van der Waals surface area contributed by atoms with E-state index in [1.165, 1.54) is 16.8 Å². The highest BCUT2D eigenvalue weighted by molar-refractivity contribution is 5.95. The number of benzene rings is 1. The summed E-state index contributed by atoms with van der Waals surface area (Å²) in [4.78, 5) is 19.3. The molecule has 0 N–H and O–H groups in total. The average Bonchev–Trinajstić information content (AvgIpc) is 3.07. The van der Waals surface area contributed by atoms with Gasteiger partial charge in [-0.25, -0.2) is 13.8 Å². The molecule has 0 bridgehead atoms. The molecule has 1 aliphatic rings. The molecule has 4 rings (SSSR count). The molecular weight excluding hydrogens is 373 g/mol. The smallest absolute Gasteiger partial charge is 0.419 e. The molecular formula is C22H24FN3O3. The maximum atomic E-state index is 14.9. The number of anilines is 1. The third-order valence-electron chi connectivity index (χ3n) is 4.74. The van der Waals surface area contributed by atoms with Crippen LogP contribution in [-0.4, -0.2) is 47.5 Å². The minimum Gasteiger partial charge on any atom is -0.443 e. The van der Waals surface area contributed by atoms with E-state index in [0.717, 1.165) is 5.39 Å². The van der Waals surface area contributed by atoms with Crippen LogP contribution in [0.25, 0.3) is 22.3 Å². The summed E-state index contributed by atoms with van der Waals surface area (Å²) >= 11 is 0. The lowest BCUT2D eigenvalue weighted by atomic mass is 10.2. The Bertz CT molecular complexity index is 1050. The molecule has 3 aromatic rings. The first-order chi connectivity index (χ1) is 13.8. The monoisotopic (exact) mass is 397 g/mol. The van der Waals surface area contributed by atoms with Gasteiger partial charge in [-0.3, -0.25) is 4.98 Å². The van der Waals surface area contributed by atoms with Crippen molar-refractivity contribution in [1.82, 2.24) is 9.55 Å². The van der Waals surface area contributed by atoms with Gasteiger partial charge >= 0.3 is 6.09 Å². The molecule has 29 heavy (non-hydrogen) atoms. The molecule has 0 aliphatic carbocycles. The lowest BCUT2D eigenvalue weighted by Gasteiger charge is -2.28. The number of halogens is 1. The lowest BCUT2D eigenvalue weighted by molar-refractivity contribution is 0.0547. The van der Waals surface area contributed by atoms with Crippen molar-refractivity contribution in [3.05, 3.63) is 48.4 Å². The number of aromatic nitrogens is 2. The highest BCUT2D eigenvalue weighted by Gasteiger charge is 2.24. The normalized spacial score (nSPS) is 15.0. The van der Waals surface area contributed by atoms with E-state index in [0.29, 0.717) is 48.9 Å². The van der Waals surface area contributed by atoms with Crippen LogP contribution in [0.1, 0.15) is 20.8 Å². The fraction of sp³-hybridized carbons (Fsp3) is 0.364. The molecule has 0 amide bonds. The van der Waals surface area contributed by atoms with Crippen molar-refractivity contribution < 1.29 is 18.7 Å². The van der Waals surface area contributed by atoms with Gasteiger partial charge in [0.25, 0.3) is 0 Å². The topological polar surface area (TPSA) is 56.6 Å². The van der Waals surface area contributed by atoms with E-state index in [-0.39, 0.29) is 5.82 Å². The quantitative estimate of drug-likeness (QED) is 0.639. The number of rotatable bonds is 2. The Morgan fingerprint density at radius 3 is 2.59 bits per heavy atom. The molecule has 0 spiro atoms. The third-order valence-corrected chi connectivity index (χ3v) is 4.74. The Morgan fingerprint density at radius 2 is 1.90 bits per heavy atom. The molecule has 0 unspecified atom stereocenters. The first kappa shape index (κ1) is 19.4. The SMILES string of the molecule is CC(C)(C)OC(=O)n1c(-c2cc(F)c(N3CCOCC3)cn2)cc2ccccc21. The molecule has 0 saturated carbocycles. The van der Waals surface area contributed by atoms with E-state index in [2.05, 4.69) is 4.98 Å². The molecule has 0 atom stereocenters. The fourth-order valence-electron chi connectivity index (χ4n) is 3.45. The zero-order valence-corrected chi connectivity index (χ0v) is 16.8. The second-order valence-corrected chi connectivity index (χ2v) is 8.02. The van der Waals surface area contributed by atoms with Crippen molar-refractivity contribution in [1.29, 1.82) is 0 Å². The van der Waals surface area contributed by atoms with E-state index in [1.807, 2.05) is 56.0 Å². The molecule has 1 aliphatic heterocycles. The van der Waals surface area contributed by atoms with Crippen molar-refractivity contribution in [2.24, 2.45) is 0 Å². The fourth-order valence-corrected chi connectivity index (χ4v) is 3.45. The molecule has 1 aromatic carbocycles. The maximum absolute atomic E-state index is 14.9. The zero-order valence-electron chi connectivity index (χ0n) is 16.8. The predicted octanol–water partition coefficient (Wildman–Crippen LogP) is 4.46. The highest BCUT2D eigenvalue weighted by atomic mass is 19.1. The maximum Gasteiger partial charge on any atom is 0.419 e. The van der Waals surface area contributed by atoms with E-state index < -0.39 is 11.7 Å². The van der Waals surface area contributed by atoms with Gasteiger partial charge in [-0.2, -0.15) is 0 Å². The molecule has 0 radical (unpaired) electrons. The highest BCUT2D eigenvalue weighted by Crippen LogP contribution is 2.30. The number of ether oxygens (including phenoxy) is 2. The number of carbonyl (C=O) groups is 1. The van der Waals surface area contributed by atoms with Gasteiger partial charge in [0.15, 0.2) is 0 Å². The summed E-state index contributed by atoms with van der Waals surface area (Å²) in [5.74, 6) is -0.377. The second kappa shape index (κ2) is 7.48. The summed E-state index contributed by atoms with van der Waals surface area (Å²) in [5, 5.41) is 0.854. The minimum atomic E-state index is -0.654. The number of nitrogens with zero attached hydrogens (tertiary/aromatic N) is 3. The molecule has 1 saturated heterocycles. The van der Waals surface area contributed by atoms with E-state index in [1.54, 1.807) is 0 Å². The zero-order chi connectivity index (χ0) is 20.6. The molecule has 152 valence electrons. The van der Waals surface area contributed by atoms with Crippen LogP contribution in [0.5, 0.6) is 0 Å². The first-order valence-corrected chi connectivity index (χ1v) is 9.66. The Balaban J connectivity index is 1.78. The van der Waals surface area contributed by atoms with Gasteiger partial charge < -0.3 is 14.4 Å². The van der Waals surface area contributed by atoms with Crippen molar-refractivity contribution >= 4 is 22.7 Å². The Morgan fingerprint density at radius 1 is 1.17 bits per heavy atom. The number of hydrogen-bond acceptors (Lipinski definition) is 5. The largest absolute Gasteiger partial charge is 0.443 e.